The maximum Gasteiger partial charge on any atom is 0.295 e. The monoisotopic (exact) mass is 416 g/mol. The van der Waals surface area contributed by atoms with Gasteiger partial charge >= 0.3 is 0 Å². The highest BCUT2D eigenvalue weighted by atomic mass is 32.2. The largest absolute Gasteiger partial charge is 0.460 e. The quantitative estimate of drug-likeness (QED) is 0.482. The summed E-state index contributed by atoms with van der Waals surface area (Å²) < 4.78 is 47.8. The first-order valence-corrected chi connectivity index (χ1v) is 9.74. The van der Waals surface area contributed by atoms with Crippen molar-refractivity contribution in [2.45, 2.75) is 50.8 Å². The van der Waals surface area contributed by atoms with E-state index < -0.39 is 40.2 Å². The predicted octanol–water partition coefficient (Wildman–Crippen LogP) is -0.306. The van der Waals surface area contributed by atoms with E-state index in [9.17, 15) is 28.3 Å². The molecule has 154 valence electrons. The van der Waals surface area contributed by atoms with Gasteiger partial charge in [0.2, 0.25) is 11.7 Å². The van der Waals surface area contributed by atoms with E-state index in [4.69, 9.17) is 14.0 Å². The maximum absolute atomic E-state index is 11.4. The number of rotatable bonds is 4. The number of hydrogen-bond acceptors (Lipinski definition) is 10. The Labute approximate surface area is 160 Å². The van der Waals surface area contributed by atoms with Gasteiger partial charge in [-0.25, -0.2) is 4.98 Å². The minimum absolute atomic E-state index is 0.0849. The molecule has 0 radical (unpaired) electrons. The van der Waals surface area contributed by atoms with Crippen LogP contribution in [0.25, 0.3) is 11.3 Å². The zero-order valence-corrected chi connectivity index (χ0v) is 16.0. The summed E-state index contributed by atoms with van der Waals surface area (Å²) in [6.45, 7) is 5.11. The van der Waals surface area contributed by atoms with Crippen LogP contribution in [-0.4, -0.2) is 68.5 Å². The Bertz CT molecular complexity index is 955. The predicted molar refractivity (Wildman–Crippen MR) is 92.8 cm³/mol. The highest BCUT2D eigenvalue weighted by Crippen LogP contribution is 2.35. The Morgan fingerprint density at radius 3 is 2.32 bits per heavy atom. The number of hydrogen-bond donors (Lipinski definition) is 4. The van der Waals surface area contributed by atoms with E-state index in [1.165, 1.54) is 6.07 Å². The van der Waals surface area contributed by atoms with Crippen LogP contribution in [0.1, 0.15) is 17.1 Å². The van der Waals surface area contributed by atoms with Crippen molar-refractivity contribution in [2.75, 3.05) is 0 Å². The highest BCUT2D eigenvalue weighted by Gasteiger charge is 2.50. The lowest BCUT2D eigenvalue weighted by atomic mass is 10.0. The van der Waals surface area contributed by atoms with Crippen LogP contribution in [0.4, 0.5) is 0 Å². The number of aromatic nitrogens is 2. The molecular weight excluding hydrogens is 396 g/mol. The van der Waals surface area contributed by atoms with Gasteiger partial charge in [-0.3, -0.25) is 4.55 Å². The topological polar surface area (TPSA) is 172 Å². The van der Waals surface area contributed by atoms with Gasteiger partial charge in [0, 0.05) is 5.69 Å². The van der Waals surface area contributed by atoms with Gasteiger partial charge in [-0.1, -0.05) is 5.16 Å². The van der Waals surface area contributed by atoms with E-state index in [1.807, 2.05) is 0 Å². The van der Waals surface area contributed by atoms with Gasteiger partial charge in [0.15, 0.2) is 0 Å². The summed E-state index contributed by atoms with van der Waals surface area (Å²) in [7, 11) is -4.89. The summed E-state index contributed by atoms with van der Waals surface area (Å²) in [5.74, 6) is 0.540. The Kier molecular flexibility index (Phi) is 5.44. The summed E-state index contributed by atoms with van der Waals surface area (Å²) >= 11 is 0. The molecule has 1 unspecified atom stereocenters. The van der Waals surface area contributed by atoms with E-state index in [-0.39, 0.29) is 5.75 Å². The van der Waals surface area contributed by atoms with Crippen molar-refractivity contribution >= 4 is 10.1 Å². The molecule has 2 aromatic heterocycles. The molecule has 0 bridgehead atoms. The molecule has 3 heterocycles. The minimum Gasteiger partial charge on any atom is -0.460 e. The van der Waals surface area contributed by atoms with Gasteiger partial charge in [-0.15, -0.1) is 0 Å². The fourth-order valence-corrected chi connectivity index (χ4v) is 3.69. The van der Waals surface area contributed by atoms with E-state index in [0.29, 0.717) is 28.4 Å². The molecule has 2 aromatic rings. The number of pyridine rings is 1. The first-order chi connectivity index (χ1) is 13.0. The Balaban J connectivity index is 1.99. The van der Waals surface area contributed by atoms with Crippen LogP contribution in [0.3, 0.4) is 0 Å². The molecule has 11 nitrogen and oxygen atoms in total. The van der Waals surface area contributed by atoms with Crippen LogP contribution in [-0.2, 0) is 14.9 Å². The zero-order valence-electron chi connectivity index (χ0n) is 15.2. The second-order valence-corrected chi connectivity index (χ2v) is 7.97. The van der Waals surface area contributed by atoms with E-state index in [2.05, 4.69) is 10.1 Å². The molecule has 1 saturated heterocycles. The molecule has 1 fully saturated rings. The van der Waals surface area contributed by atoms with Gasteiger partial charge < -0.3 is 29.3 Å². The Morgan fingerprint density at radius 2 is 1.75 bits per heavy atom. The first kappa shape index (κ1) is 20.6. The van der Waals surface area contributed by atoms with Crippen molar-refractivity contribution in [3.63, 3.8) is 0 Å². The van der Waals surface area contributed by atoms with Gasteiger partial charge in [0.05, 0.1) is 11.3 Å². The van der Waals surface area contributed by atoms with Gasteiger partial charge in [-0.05, 0) is 32.9 Å². The van der Waals surface area contributed by atoms with Crippen molar-refractivity contribution in [1.82, 2.24) is 10.1 Å². The van der Waals surface area contributed by atoms with Crippen molar-refractivity contribution in [1.29, 1.82) is 0 Å². The normalized spacial score (nSPS) is 28.3. The molecule has 12 heteroatoms. The third kappa shape index (κ3) is 3.74. The lowest BCUT2D eigenvalue weighted by molar-refractivity contribution is -0.254. The van der Waals surface area contributed by atoms with Crippen LogP contribution in [0, 0.1) is 20.8 Å². The van der Waals surface area contributed by atoms with Gasteiger partial charge in [0.1, 0.15) is 35.5 Å². The third-order valence-corrected chi connectivity index (χ3v) is 5.31. The average Bonchev–Trinajstić information content (AvgIpc) is 2.94. The van der Waals surface area contributed by atoms with Crippen molar-refractivity contribution < 1.29 is 42.3 Å². The van der Waals surface area contributed by atoms with Gasteiger partial charge in [0.25, 0.3) is 10.1 Å². The average molecular weight is 416 g/mol. The van der Waals surface area contributed by atoms with Crippen molar-refractivity contribution in [2.24, 2.45) is 0 Å². The minimum atomic E-state index is -4.89. The van der Waals surface area contributed by atoms with Crippen LogP contribution in [0.5, 0.6) is 5.75 Å². The number of aliphatic hydroxyl groups excluding tert-OH is 3. The van der Waals surface area contributed by atoms with E-state index in [1.54, 1.807) is 26.8 Å². The number of aliphatic hydroxyl groups is 3. The molecular formula is C16H20N2O9S. The molecule has 0 amide bonds. The molecule has 1 aliphatic heterocycles. The summed E-state index contributed by atoms with van der Waals surface area (Å²) in [6, 6.07) is 3.12. The van der Waals surface area contributed by atoms with Crippen molar-refractivity contribution in [3.05, 3.63) is 29.3 Å². The third-order valence-electron chi connectivity index (χ3n) is 4.33. The molecule has 0 aliphatic carbocycles. The molecule has 0 aromatic carbocycles. The first-order valence-electron chi connectivity index (χ1n) is 8.24. The molecule has 3 rings (SSSR count). The van der Waals surface area contributed by atoms with Crippen LogP contribution in [0.15, 0.2) is 16.7 Å². The Hall–Kier alpha value is -2.09. The van der Waals surface area contributed by atoms with Crippen LogP contribution < -0.4 is 4.74 Å². The van der Waals surface area contributed by atoms with Gasteiger partial charge in [-0.2, -0.15) is 8.42 Å². The summed E-state index contributed by atoms with van der Waals surface area (Å²) in [4.78, 5) is 4.39. The number of aryl methyl sites for hydroxylation is 3. The summed E-state index contributed by atoms with van der Waals surface area (Å²) in [5, 5.41) is 33.7. The SMILES string of the molecule is Cc1ccc(O[C@@H]2OC(S(=O)(=O)O)[C@@H](O)[C@H](O)[C@H]2O)c(-c2c(C)noc2C)n1. The molecule has 1 aliphatic rings. The van der Waals surface area contributed by atoms with Crippen molar-refractivity contribution in [3.8, 4) is 17.0 Å². The summed E-state index contributed by atoms with van der Waals surface area (Å²) in [5.41, 5.74) is -0.195. The lowest BCUT2D eigenvalue weighted by Gasteiger charge is -2.38. The molecule has 5 atom stereocenters. The smallest absolute Gasteiger partial charge is 0.295 e. The molecule has 0 spiro atoms. The molecule has 4 N–H and O–H groups in total. The number of nitrogens with zero attached hydrogens (tertiary/aromatic N) is 2. The second kappa shape index (κ2) is 7.39. The fourth-order valence-electron chi connectivity index (χ4n) is 2.93. The Morgan fingerprint density at radius 1 is 1.07 bits per heavy atom. The lowest BCUT2D eigenvalue weighted by Crippen LogP contribution is -2.61. The maximum atomic E-state index is 11.4. The molecule has 28 heavy (non-hydrogen) atoms. The standard InChI is InChI=1S/C16H20N2O9S/c1-6-4-5-9(11(17-6)10-7(2)18-27-8(10)3)25-15-13(20)12(19)14(21)16(26-15)28(22,23)24/h4-5,12-16,19-21H,1-3H3,(H,22,23,24)/t12-,13-,14+,15-,16?/m1/s1. The second-order valence-electron chi connectivity index (χ2n) is 6.48. The highest BCUT2D eigenvalue weighted by molar-refractivity contribution is 7.86. The molecule has 0 saturated carbocycles. The van der Waals surface area contributed by atoms with E-state index in [0.717, 1.165) is 0 Å². The number of ether oxygens (including phenoxy) is 2. The van der Waals surface area contributed by atoms with E-state index >= 15 is 0 Å². The van der Waals surface area contributed by atoms with Crippen LogP contribution in [0.2, 0.25) is 0 Å². The zero-order chi connectivity index (χ0) is 20.8. The fraction of sp³-hybridized carbons (Fsp3) is 0.500. The summed E-state index contributed by atoms with van der Waals surface area (Å²) in [6.07, 6.45) is -7.52. The van der Waals surface area contributed by atoms with Crippen LogP contribution >= 0.6 is 0 Å².